The molecule has 0 fully saturated rings. The van der Waals surface area contributed by atoms with Crippen molar-refractivity contribution >= 4 is 16.8 Å². The van der Waals surface area contributed by atoms with Crippen molar-refractivity contribution in [3.8, 4) is 0 Å². The number of benzene rings is 2. The second-order valence-corrected chi connectivity index (χ2v) is 11.0. The Labute approximate surface area is 217 Å². The monoisotopic (exact) mass is 491 g/mol. The number of fused-ring (bicyclic) bond motifs is 1. The maximum Gasteiger partial charge on any atom is 0.237 e. The first-order valence-corrected chi connectivity index (χ1v) is 13.5. The fourth-order valence-electron chi connectivity index (χ4n) is 4.55. The largest absolute Gasteiger partial charge is 0.392 e. The van der Waals surface area contributed by atoms with Crippen molar-refractivity contribution in [1.82, 2.24) is 14.8 Å². The van der Waals surface area contributed by atoms with Gasteiger partial charge in [-0.2, -0.15) is 0 Å². The number of carbonyl (C=O) groups is 1. The summed E-state index contributed by atoms with van der Waals surface area (Å²) in [6.45, 7) is 13.7. The fraction of sp³-hybridized carbons (Fsp3) is 0.516. The third-order valence-corrected chi connectivity index (χ3v) is 7.00. The van der Waals surface area contributed by atoms with Crippen LogP contribution in [0.25, 0.3) is 10.9 Å². The standard InChI is InChI=1S/C31H45N3O2/c1-6-8-18-33(22-27(35)7-2)23-30(36)34(21-24-13-15-26(16-14-24)31(3,4)5)19-17-25-20-32-29-12-10-9-11-28(25)29/h9-16,20,27,32,35H,6-8,17-19,21-23H2,1-5H3/t27-/m0/s1. The highest BCUT2D eigenvalue weighted by atomic mass is 16.3. The highest BCUT2D eigenvalue weighted by Crippen LogP contribution is 2.23. The molecular weight excluding hydrogens is 446 g/mol. The van der Waals surface area contributed by atoms with E-state index in [1.54, 1.807) is 0 Å². The summed E-state index contributed by atoms with van der Waals surface area (Å²) in [5.41, 5.74) is 4.90. The number of hydrogen-bond donors (Lipinski definition) is 2. The Kier molecular flexibility index (Phi) is 10.1. The van der Waals surface area contributed by atoms with Crippen molar-refractivity contribution in [3.05, 3.63) is 71.4 Å². The van der Waals surface area contributed by atoms with Gasteiger partial charge in [-0.25, -0.2) is 0 Å². The van der Waals surface area contributed by atoms with Gasteiger partial charge >= 0.3 is 0 Å². The van der Waals surface area contributed by atoms with Crippen LogP contribution in [-0.4, -0.2) is 58.1 Å². The molecule has 0 aliphatic carbocycles. The van der Waals surface area contributed by atoms with E-state index in [0.717, 1.165) is 36.9 Å². The zero-order chi connectivity index (χ0) is 26.1. The summed E-state index contributed by atoms with van der Waals surface area (Å²) in [7, 11) is 0. The van der Waals surface area contributed by atoms with E-state index in [2.05, 4.69) is 86.2 Å². The van der Waals surface area contributed by atoms with E-state index in [1.807, 2.05) is 17.9 Å². The minimum absolute atomic E-state index is 0.100. The molecule has 1 aromatic heterocycles. The number of nitrogens with one attached hydrogen (secondary N) is 1. The van der Waals surface area contributed by atoms with Gasteiger partial charge in [0.05, 0.1) is 12.6 Å². The average molecular weight is 492 g/mol. The first-order chi connectivity index (χ1) is 17.2. The fourth-order valence-corrected chi connectivity index (χ4v) is 4.55. The number of aromatic nitrogens is 1. The van der Waals surface area contributed by atoms with Gasteiger partial charge in [0.1, 0.15) is 0 Å². The molecule has 0 saturated heterocycles. The Hall–Kier alpha value is -2.63. The molecule has 1 heterocycles. The molecule has 0 radical (unpaired) electrons. The average Bonchev–Trinajstić information content (AvgIpc) is 3.27. The molecule has 2 aromatic carbocycles. The number of rotatable bonds is 13. The number of nitrogens with zero attached hydrogens (tertiary/aromatic N) is 2. The summed E-state index contributed by atoms with van der Waals surface area (Å²) in [5.74, 6) is 0.120. The van der Waals surface area contributed by atoms with Gasteiger partial charge in [0.25, 0.3) is 0 Å². The third kappa shape index (κ3) is 7.94. The summed E-state index contributed by atoms with van der Waals surface area (Å²) in [6.07, 6.45) is 5.24. The van der Waals surface area contributed by atoms with E-state index in [4.69, 9.17) is 0 Å². The van der Waals surface area contributed by atoms with Crippen molar-refractivity contribution in [2.75, 3.05) is 26.2 Å². The van der Waals surface area contributed by atoms with Crippen molar-refractivity contribution in [2.45, 2.75) is 78.4 Å². The molecule has 1 atom stereocenters. The molecule has 0 aliphatic heterocycles. The second kappa shape index (κ2) is 13.1. The molecule has 0 aliphatic rings. The van der Waals surface area contributed by atoms with Gasteiger partial charge in [-0.15, -0.1) is 0 Å². The van der Waals surface area contributed by atoms with Gasteiger partial charge < -0.3 is 15.0 Å². The normalized spacial score (nSPS) is 12.9. The molecule has 5 heteroatoms. The molecule has 5 nitrogen and oxygen atoms in total. The molecule has 3 aromatic rings. The second-order valence-electron chi connectivity index (χ2n) is 11.0. The van der Waals surface area contributed by atoms with E-state index < -0.39 is 6.10 Å². The van der Waals surface area contributed by atoms with E-state index in [1.165, 1.54) is 16.5 Å². The molecule has 0 spiro atoms. The lowest BCUT2D eigenvalue weighted by Crippen LogP contribution is -2.43. The zero-order valence-corrected chi connectivity index (χ0v) is 22.9. The van der Waals surface area contributed by atoms with Crippen LogP contribution in [0.2, 0.25) is 0 Å². The maximum absolute atomic E-state index is 13.6. The summed E-state index contributed by atoms with van der Waals surface area (Å²) < 4.78 is 0. The Bertz CT molecular complexity index is 1080. The smallest absolute Gasteiger partial charge is 0.237 e. The van der Waals surface area contributed by atoms with Crippen molar-refractivity contribution in [3.63, 3.8) is 0 Å². The minimum Gasteiger partial charge on any atom is -0.392 e. The van der Waals surface area contributed by atoms with Gasteiger partial charge in [0.15, 0.2) is 0 Å². The van der Waals surface area contributed by atoms with E-state index >= 15 is 0 Å². The summed E-state index contributed by atoms with van der Waals surface area (Å²) in [4.78, 5) is 21.1. The zero-order valence-electron chi connectivity index (χ0n) is 22.9. The number of para-hydroxylation sites is 1. The Morgan fingerprint density at radius 2 is 1.75 bits per heavy atom. The van der Waals surface area contributed by atoms with E-state index in [0.29, 0.717) is 32.6 Å². The lowest BCUT2D eigenvalue weighted by molar-refractivity contribution is -0.133. The quantitative estimate of drug-likeness (QED) is 0.312. The van der Waals surface area contributed by atoms with Gasteiger partial charge in [0, 0.05) is 36.7 Å². The molecule has 0 bridgehead atoms. The van der Waals surface area contributed by atoms with Crippen LogP contribution < -0.4 is 0 Å². The molecule has 0 unspecified atom stereocenters. The van der Waals surface area contributed by atoms with Gasteiger partial charge in [-0.1, -0.05) is 83.5 Å². The summed E-state index contributed by atoms with van der Waals surface area (Å²) in [5, 5.41) is 11.5. The number of aliphatic hydroxyl groups is 1. The lowest BCUT2D eigenvalue weighted by atomic mass is 9.87. The highest BCUT2D eigenvalue weighted by Gasteiger charge is 2.20. The number of amides is 1. The van der Waals surface area contributed by atoms with Crippen molar-refractivity contribution in [2.24, 2.45) is 0 Å². The summed E-state index contributed by atoms with van der Waals surface area (Å²) in [6, 6.07) is 17.0. The number of unbranched alkanes of at least 4 members (excludes halogenated alkanes) is 1. The van der Waals surface area contributed by atoms with Gasteiger partial charge in [-0.3, -0.25) is 9.69 Å². The van der Waals surface area contributed by atoms with Crippen LogP contribution in [0.1, 0.15) is 70.6 Å². The van der Waals surface area contributed by atoms with Crippen molar-refractivity contribution < 1.29 is 9.90 Å². The number of H-pyrrole nitrogens is 1. The lowest BCUT2D eigenvalue weighted by Gasteiger charge is -2.29. The van der Waals surface area contributed by atoms with Gasteiger partial charge in [0.2, 0.25) is 5.91 Å². The molecule has 1 amide bonds. The Morgan fingerprint density at radius 1 is 1.03 bits per heavy atom. The number of aromatic amines is 1. The third-order valence-electron chi connectivity index (χ3n) is 7.00. The number of aliphatic hydroxyl groups excluding tert-OH is 1. The first-order valence-electron chi connectivity index (χ1n) is 13.5. The van der Waals surface area contributed by atoms with Crippen LogP contribution >= 0.6 is 0 Å². The maximum atomic E-state index is 13.6. The minimum atomic E-state index is -0.403. The molecule has 196 valence electrons. The van der Waals surface area contributed by atoms with Crippen LogP contribution in [0.3, 0.4) is 0 Å². The number of carbonyl (C=O) groups excluding carboxylic acids is 1. The van der Waals surface area contributed by atoms with Crippen LogP contribution in [0.4, 0.5) is 0 Å². The number of hydrogen-bond acceptors (Lipinski definition) is 3. The topological polar surface area (TPSA) is 59.6 Å². The molecular formula is C31H45N3O2. The van der Waals surface area contributed by atoms with E-state index in [9.17, 15) is 9.90 Å². The van der Waals surface area contributed by atoms with Crippen LogP contribution in [0.5, 0.6) is 0 Å². The van der Waals surface area contributed by atoms with Gasteiger partial charge in [-0.05, 0) is 54.0 Å². The Balaban J connectivity index is 1.77. The Morgan fingerprint density at radius 3 is 2.42 bits per heavy atom. The molecule has 0 saturated carbocycles. The predicted octanol–water partition coefficient (Wildman–Crippen LogP) is 5.91. The van der Waals surface area contributed by atoms with E-state index in [-0.39, 0.29) is 11.3 Å². The predicted molar refractivity (Wildman–Crippen MR) is 150 cm³/mol. The first kappa shape index (κ1) is 27.9. The highest BCUT2D eigenvalue weighted by molar-refractivity contribution is 5.83. The molecule has 2 N–H and O–H groups in total. The van der Waals surface area contributed by atoms with Crippen LogP contribution in [0.15, 0.2) is 54.7 Å². The molecule has 3 rings (SSSR count). The van der Waals surface area contributed by atoms with Crippen molar-refractivity contribution in [1.29, 1.82) is 0 Å². The van der Waals surface area contributed by atoms with Crippen LogP contribution in [-0.2, 0) is 23.2 Å². The van der Waals surface area contributed by atoms with Crippen LogP contribution in [0, 0.1) is 0 Å². The SMILES string of the molecule is CCCCN(CC(=O)N(CCc1c[nH]c2ccccc12)Cc1ccc(C(C)(C)C)cc1)C[C@@H](O)CC. The summed E-state index contributed by atoms with van der Waals surface area (Å²) >= 11 is 0. The molecule has 36 heavy (non-hydrogen) atoms.